The Morgan fingerprint density at radius 2 is 1.81 bits per heavy atom. The van der Waals surface area contributed by atoms with Crippen molar-refractivity contribution in [2.75, 3.05) is 11.9 Å². The molecule has 0 bridgehead atoms. The molecule has 212 valence electrons. The van der Waals surface area contributed by atoms with E-state index in [2.05, 4.69) is 20.6 Å². The quantitative estimate of drug-likeness (QED) is 0.305. The lowest BCUT2D eigenvalue weighted by Gasteiger charge is -2.29. The summed E-state index contributed by atoms with van der Waals surface area (Å²) in [5, 5.41) is 15.4. The maximum Gasteiger partial charge on any atom is 0.318 e. The van der Waals surface area contributed by atoms with E-state index < -0.39 is 11.9 Å². The van der Waals surface area contributed by atoms with E-state index in [1.807, 2.05) is 11.6 Å². The molecule has 0 unspecified atom stereocenters. The monoisotopic (exact) mass is 569 g/mol. The van der Waals surface area contributed by atoms with Crippen molar-refractivity contribution in [3.63, 3.8) is 0 Å². The highest BCUT2D eigenvalue weighted by molar-refractivity contribution is 6.03. The number of amides is 3. The number of hydrogen-bond acceptors (Lipinski definition) is 6. The van der Waals surface area contributed by atoms with Gasteiger partial charge in [-0.1, -0.05) is 0 Å². The first-order valence-electron chi connectivity index (χ1n) is 13.5. The number of hydrogen-bond donors (Lipinski definition) is 2. The number of nitrogens with one attached hydrogen (secondary N) is 2. The summed E-state index contributed by atoms with van der Waals surface area (Å²) >= 11 is 0. The first kappa shape index (κ1) is 25.7. The zero-order chi connectivity index (χ0) is 29.0. The van der Waals surface area contributed by atoms with Crippen LogP contribution in [0.2, 0.25) is 0 Å². The Labute approximate surface area is 238 Å². The molecule has 11 nitrogen and oxygen atoms in total. The second kappa shape index (κ2) is 9.72. The summed E-state index contributed by atoms with van der Waals surface area (Å²) in [4.78, 5) is 35.3. The number of fused-ring (bicyclic) bond motifs is 2. The molecule has 0 radical (unpaired) electrons. The zero-order valence-corrected chi connectivity index (χ0v) is 22.5. The van der Waals surface area contributed by atoms with Crippen LogP contribution in [-0.2, 0) is 13.1 Å². The highest BCUT2D eigenvalue weighted by Gasteiger charge is 2.40. The van der Waals surface area contributed by atoms with E-state index in [0.29, 0.717) is 47.8 Å². The summed E-state index contributed by atoms with van der Waals surface area (Å²) in [7, 11) is 0. The van der Waals surface area contributed by atoms with E-state index in [9.17, 15) is 18.4 Å². The summed E-state index contributed by atoms with van der Waals surface area (Å²) in [5.41, 5.74) is 3.82. The third-order valence-corrected chi connectivity index (χ3v) is 7.60. The second-order valence-electron chi connectivity index (χ2n) is 10.8. The third kappa shape index (κ3) is 4.82. The Morgan fingerprint density at radius 3 is 2.57 bits per heavy atom. The van der Waals surface area contributed by atoms with Gasteiger partial charge >= 0.3 is 6.03 Å². The summed E-state index contributed by atoms with van der Waals surface area (Å²) in [6.07, 6.45) is 4.68. The maximum absolute atomic E-state index is 13.8. The molecule has 0 saturated heterocycles. The summed E-state index contributed by atoms with van der Waals surface area (Å²) in [5.74, 6) is -1.43. The number of aromatic nitrogens is 6. The van der Waals surface area contributed by atoms with Gasteiger partial charge < -0.3 is 15.5 Å². The van der Waals surface area contributed by atoms with Crippen LogP contribution in [0.3, 0.4) is 0 Å². The number of benzene rings is 1. The van der Waals surface area contributed by atoms with Crippen LogP contribution < -0.4 is 10.6 Å². The summed E-state index contributed by atoms with van der Waals surface area (Å²) < 4.78 is 30.7. The average molecular weight is 570 g/mol. The zero-order valence-electron chi connectivity index (χ0n) is 22.5. The smallest absolute Gasteiger partial charge is 0.318 e. The molecule has 5 heterocycles. The number of halogens is 2. The maximum atomic E-state index is 13.8. The molecule has 2 aliphatic rings. The minimum Gasteiger partial charge on any atom is -0.333 e. The molecule has 1 saturated carbocycles. The van der Waals surface area contributed by atoms with Crippen molar-refractivity contribution in [3.05, 3.63) is 83.9 Å². The standard InChI is InChI=1S/C29H25F2N9O2/c1-29(9-10-29)35-28(42)38-12-13-39-21(15-38)25(26(37-39)17-2-4-19(30)5-3-17)20-6-7-24-33-23(16-40(24)36-20)34-27(41)18-8-11-32-22(31)14-18/h2-8,11,14,16H,9-10,12-13,15H2,1H3,(H,34,41)(H,35,42). The lowest BCUT2D eigenvalue weighted by Crippen LogP contribution is -2.47. The van der Waals surface area contributed by atoms with Gasteiger partial charge in [0, 0.05) is 35.5 Å². The Bertz CT molecular complexity index is 1860. The predicted octanol–water partition coefficient (Wildman–Crippen LogP) is 4.26. The number of rotatable bonds is 5. The van der Waals surface area contributed by atoms with Crippen molar-refractivity contribution >= 4 is 23.4 Å². The molecule has 7 rings (SSSR count). The van der Waals surface area contributed by atoms with Crippen molar-refractivity contribution < 1.29 is 18.4 Å². The van der Waals surface area contributed by atoms with Gasteiger partial charge in [0.15, 0.2) is 11.5 Å². The molecule has 1 aliphatic carbocycles. The fourth-order valence-electron chi connectivity index (χ4n) is 5.03. The van der Waals surface area contributed by atoms with Crippen molar-refractivity contribution in [3.8, 4) is 22.5 Å². The van der Waals surface area contributed by atoms with E-state index in [0.717, 1.165) is 24.6 Å². The van der Waals surface area contributed by atoms with Gasteiger partial charge in [0.25, 0.3) is 5.91 Å². The average Bonchev–Trinajstić information content (AvgIpc) is 3.38. The number of nitrogens with zero attached hydrogens (tertiary/aromatic N) is 7. The topological polar surface area (TPSA) is 122 Å². The summed E-state index contributed by atoms with van der Waals surface area (Å²) in [6.45, 7) is 3.34. The van der Waals surface area contributed by atoms with Crippen LogP contribution in [0.25, 0.3) is 28.2 Å². The van der Waals surface area contributed by atoms with Gasteiger partial charge in [-0.3, -0.25) is 9.48 Å². The van der Waals surface area contributed by atoms with Crippen LogP contribution in [0, 0.1) is 11.8 Å². The molecular formula is C29H25F2N9O2. The third-order valence-electron chi connectivity index (χ3n) is 7.60. The number of carbonyl (C=O) groups is 2. The van der Waals surface area contributed by atoms with Crippen LogP contribution in [0.4, 0.5) is 19.4 Å². The number of carbonyl (C=O) groups excluding carboxylic acids is 2. The van der Waals surface area contributed by atoms with Crippen molar-refractivity contribution in [1.82, 2.24) is 39.6 Å². The molecule has 1 aromatic carbocycles. The minimum atomic E-state index is -0.761. The van der Waals surface area contributed by atoms with E-state index in [-0.39, 0.29) is 28.8 Å². The number of pyridine rings is 1. The second-order valence-corrected chi connectivity index (χ2v) is 10.8. The molecule has 1 aliphatic heterocycles. The van der Waals surface area contributed by atoms with Crippen LogP contribution in [0.1, 0.15) is 35.8 Å². The van der Waals surface area contributed by atoms with Crippen LogP contribution in [0.15, 0.2) is 60.9 Å². The van der Waals surface area contributed by atoms with Crippen molar-refractivity contribution in [2.45, 2.75) is 38.4 Å². The summed E-state index contributed by atoms with van der Waals surface area (Å²) in [6, 6.07) is 12.0. The van der Waals surface area contributed by atoms with Crippen LogP contribution in [-0.4, -0.2) is 58.3 Å². The predicted molar refractivity (Wildman–Crippen MR) is 148 cm³/mol. The first-order valence-corrected chi connectivity index (χ1v) is 13.5. The molecule has 0 spiro atoms. The Kier molecular flexibility index (Phi) is 5.96. The number of imidazole rings is 1. The van der Waals surface area contributed by atoms with E-state index in [1.165, 1.54) is 28.9 Å². The largest absolute Gasteiger partial charge is 0.333 e. The van der Waals surface area contributed by atoms with E-state index >= 15 is 0 Å². The molecule has 2 N–H and O–H groups in total. The van der Waals surface area contributed by atoms with Gasteiger partial charge in [-0.25, -0.2) is 23.7 Å². The fraction of sp³-hybridized carbons (Fsp3) is 0.241. The Hall–Kier alpha value is -5.20. The Balaban J connectivity index is 1.25. The molecule has 4 aromatic heterocycles. The van der Waals surface area contributed by atoms with Gasteiger partial charge in [-0.2, -0.15) is 14.6 Å². The molecule has 5 aromatic rings. The van der Waals surface area contributed by atoms with Gasteiger partial charge in [0.2, 0.25) is 5.95 Å². The van der Waals surface area contributed by atoms with E-state index in [1.54, 1.807) is 35.4 Å². The molecule has 0 atom stereocenters. The van der Waals surface area contributed by atoms with Gasteiger partial charge in [-0.15, -0.1) is 0 Å². The number of urea groups is 1. The van der Waals surface area contributed by atoms with Gasteiger partial charge in [-0.05, 0) is 62.2 Å². The highest BCUT2D eigenvalue weighted by atomic mass is 19.1. The van der Waals surface area contributed by atoms with Gasteiger partial charge in [0.1, 0.15) is 11.5 Å². The molecule has 1 fully saturated rings. The molecule has 13 heteroatoms. The normalized spacial score (nSPS) is 15.4. The highest BCUT2D eigenvalue weighted by Crippen LogP contribution is 2.37. The lowest BCUT2D eigenvalue weighted by atomic mass is 10.0. The minimum absolute atomic E-state index is 0.105. The first-order chi connectivity index (χ1) is 20.2. The molecular weight excluding hydrogens is 544 g/mol. The van der Waals surface area contributed by atoms with Gasteiger partial charge in [0.05, 0.1) is 36.2 Å². The van der Waals surface area contributed by atoms with Crippen LogP contribution >= 0.6 is 0 Å². The Morgan fingerprint density at radius 1 is 1.00 bits per heavy atom. The molecule has 42 heavy (non-hydrogen) atoms. The lowest BCUT2D eigenvalue weighted by molar-refractivity contribution is 0.102. The van der Waals surface area contributed by atoms with Crippen molar-refractivity contribution in [2.24, 2.45) is 0 Å². The SMILES string of the molecule is CC1(NC(=O)N2CCn3nc(-c4ccc(F)cc4)c(-c4ccc5nc(NC(=O)c6ccnc(F)c6)cn5n4)c3C2)CC1. The fourth-order valence-corrected chi connectivity index (χ4v) is 5.03. The molecule has 3 amide bonds. The number of anilines is 1. The van der Waals surface area contributed by atoms with Crippen LogP contribution in [0.5, 0.6) is 0 Å². The van der Waals surface area contributed by atoms with Crippen molar-refractivity contribution in [1.29, 1.82) is 0 Å². The van der Waals surface area contributed by atoms with E-state index in [4.69, 9.17) is 10.2 Å².